The van der Waals surface area contributed by atoms with Crippen LogP contribution < -0.4 is 20.7 Å². The SMILES string of the molecule is CCOP(=O)(O)OCCNC(=O)c1ccc(CN2C(=O)Cc3c(N)nc(OCCOC)nc32)cc1. The number of ether oxygens (including phenoxy) is 2. The van der Waals surface area contributed by atoms with Crippen LogP contribution in [0.4, 0.5) is 11.6 Å². The number of anilines is 2. The predicted octanol–water partition coefficient (Wildman–Crippen LogP) is 1.06. The highest BCUT2D eigenvalue weighted by Gasteiger charge is 2.32. The average molecular weight is 509 g/mol. The zero-order valence-corrected chi connectivity index (χ0v) is 20.3. The number of nitrogen functional groups attached to an aromatic ring is 1. The third kappa shape index (κ3) is 7.20. The molecule has 0 saturated carbocycles. The number of aromatic nitrogens is 2. The molecule has 1 unspecified atom stereocenters. The average Bonchev–Trinajstić information content (AvgIpc) is 3.13. The second-order valence-corrected chi connectivity index (χ2v) is 8.82. The summed E-state index contributed by atoms with van der Waals surface area (Å²) >= 11 is 0. The van der Waals surface area contributed by atoms with Gasteiger partial charge in [-0.15, -0.1) is 0 Å². The largest absolute Gasteiger partial charge is 0.472 e. The second-order valence-electron chi connectivity index (χ2n) is 7.36. The molecule has 2 aromatic rings. The summed E-state index contributed by atoms with van der Waals surface area (Å²) in [5.74, 6) is 0.0217. The van der Waals surface area contributed by atoms with Crippen molar-refractivity contribution >= 4 is 31.3 Å². The van der Waals surface area contributed by atoms with Crippen LogP contribution in [0, 0.1) is 0 Å². The molecule has 1 aromatic heterocycles. The van der Waals surface area contributed by atoms with Crippen LogP contribution in [-0.2, 0) is 36.1 Å². The lowest BCUT2D eigenvalue weighted by Crippen LogP contribution is -2.28. The van der Waals surface area contributed by atoms with E-state index in [-0.39, 0.29) is 63.0 Å². The summed E-state index contributed by atoms with van der Waals surface area (Å²) in [6.07, 6.45) is 0.0894. The van der Waals surface area contributed by atoms with Crippen LogP contribution in [0.15, 0.2) is 24.3 Å². The number of methoxy groups -OCH3 is 1. The Morgan fingerprint density at radius 1 is 1.20 bits per heavy atom. The Labute approximate surface area is 202 Å². The van der Waals surface area contributed by atoms with E-state index >= 15 is 0 Å². The smallest absolute Gasteiger partial charge is 0.461 e. The summed E-state index contributed by atoms with van der Waals surface area (Å²) in [5.41, 5.74) is 7.69. The number of hydrogen-bond acceptors (Lipinski definition) is 10. The molecule has 1 aliphatic heterocycles. The van der Waals surface area contributed by atoms with Gasteiger partial charge >= 0.3 is 13.8 Å². The molecule has 1 aliphatic rings. The number of nitrogens with two attached hydrogens (primary N) is 1. The van der Waals surface area contributed by atoms with Crippen LogP contribution >= 0.6 is 7.82 Å². The summed E-state index contributed by atoms with van der Waals surface area (Å²) in [6, 6.07) is 6.71. The summed E-state index contributed by atoms with van der Waals surface area (Å²) in [6.45, 7) is 2.25. The zero-order chi connectivity index (χ0) is 25.4. The normalized spacial score (nSPS) is 14.5. The van der Waals surface area contributed by atoms with Gasteiger partial charge in [0, 0.05) is 24.8 Å². The predicted molar refractivity (Wildman–Crippen MR) is 125 cm³/mol. The number of hydrogen-bond donors (Lipinski definition) is 3. The van der Waals surface area contributed by atoms with E-state index in [0.717, 1.165) is 5.56 Å². The molecule has 0 spiro atoms. The van der Waals surface area contributed by atoms with E-state index in [1.165, 1.54) is 4.90 Å². The topological polar surface area (TPSA) is 175 Å². The molecule has 0 aliphatic carbocycles. The quantitative estimate of drug-likeness (QED) is 0.260. The van der Waals surface area contributed by atoms with E-state index in [2.05, 4.69) is 19.8 Å². The number of carbonyl (C=O) groups excluding carboxylic acids is 2. The molecule has 0 radical (unpaired) electrons. The Morgan fingerprint density at radius 2 is 1.94 bits per heavy atom. The first kappa shape index (κ1) is 26.5. The van der Waals surface area contributed by atoms with Crippen LogP contribution in [0.5, 0.6) is 6.01 Å². The molecule has 2 amide bonds. The molecule has 13 nitrogen and oxygen atoms in total. The third-order valence-electron chi connectivity index (χ3n) is 4.89. The van der Waals surface area contributed by atoms with E-state index in [1.54, 1.807) is 38.3 Å². The fraction of sp³-hybridized carbons (Fsp3) is 0.429. The zero-order valence-electron chi connectivity index (χ0n) is 19.4. The Morgan fingerprint density at radius 3 is 2.63 bits per heavy atom. The van der Waals surface area contributed by atoms with Gasteiger partial charge in [0.25, 0.3) is 5.91 Å². The van der Waals surface area contributed by atoms with E-state index in [0.29, 0.717) is 23.6 Å². The molecule has 190 valence electrons. The van der Waals surface area contributed by atoms with Crippen molar-refractivity contribution in [1.82, 2.24) is 15.3 Å². The lowest BCUT2D eigenvalue weighted by molar-refractivity contribution is -0.117. The number of rotatable bonds is 13. The highest BCUT2D eigenvalue weighted by atomic mass is 31.2. The molecular weight excluding hydrogens is 481 g/mol. The van der Waals surface area contributed by atoms with Gasteiger partial charge < -0.3 is 25.4 Å². The van der Waals surface area contributed by atoms with Gasteiger partial charge in [-0.25, -0.2) is 4.57 Å². The Kier molecular flexibility index (Phi) is 9.13. The molecule has 0 bridgehead atoms. The van der Waals surface area contributed by atoms with Crippen LogP contribution in [0.3, 0.4) is 0 Å². The minimum Gasteiger partial charge on any atom is -0.461 e. The summed E-state index contributed by atoms with van der Waals surface area (Å²) in [7, 11) is -2.56. The van der Waals surface area contributed by atoms with Crippen LogP contribution in [0.1, 0.15) is 28.4 Å². The minimum absolute atomic E-state index is 0.0210. The Hall–Kier alpha value is -3.09. The van der Waals surface area contributed by atoms with Crippen molar-refractivity contribution in [3.05, 3.63) is 41.0 Å². The van der Waals surface area contributed by atoms with Gasteiger partial charge in [0.05, 0.1) is 32.8 Å². The molecule has 3 rings (SSSR count). The highest BCUT2D eigenvalue weighted by molar-refractivity contribution is 7.47. The van der Waals surface area contributed by atoms with Gasteiger partial charge in [0.2, 0.25) is 5.91 Å². The van der Waals surface area contributed by atoms with E-state index in [4.69, 9.17) is 19.7 Å². The number of nitrogens with zero attached hydrogens (tertiary/aromatic N) is 3. The van der Waals surface area contributed by atoms with Crippen molar-refractivity contribution in [3.8, 4) is 6.01 Å². The van der Waals surface area contributed by atoms with Gasteiger partial charge in [-0.1, -0.05) is 12.1 Å². The fourth-order valence-corrected chi connectivity index (χ4v) is 3.96. The van der Waals surface area contributed by atoms with E-state index in [1.807, 2.05) is 0 Å². The van der Waals surface area contributed by atoms with Gasteiger partial charge in [0.15, 0.2) is 0 Å². The standard InChI is InChI=1S/C21H28N5O8P/c1-3-33-35(29,30)34-9-8-23-20(28)15-6-4-14(5-7-15)13-26-17(27)12-16-18(22)24-21(25-19(16)26)32-11-10-31-2/h4-7H,3,8-13H2,1-2H3,(H,23,28)(H,29,30)(H2,22,24,25). The van der Waals surface area contributed by atoms with Crippen molar-refractivity contribution in [2.75, 3.05) is 50.7 Å². The molecule has 0 fully saturated rings. The number of amides is 2. The summed E-state index contributed by atoms with van der Waals surface area (Å²) < 4.78 is 31.1. The maximum absolute atomic E-state index is 12.6. The maximum atomic E-state index is 12.6. The van der Waals surface area contributed by atoms with E-state index in [9.17, 15) is 19.0 Å². The molecule has 0 saturated heterocycles. The number of nitrogens with one attached hydrogen (secondary N) is 1. The molecule has 14 heteroatoms. The number of carbonyl (C=O) groups is 2. The molecule has 1 atom stereocenters. The fourth-order valence-electron chi connectivity index (χ4n) is 3.24. The highest BCUT2D eigenvalue weighted by Crippen LogP contribution is 2.42. The van der Waals surface area contributed by atoms with Crippen molar-refractivity contribution in [1.29, 1.82) is 0 Å². The molecular formula is C21H28N5O8P. The summed E-state index contributed by atoms with van der Waals surface area (Å²) in [5, 5.41) is 2.59. The van der Waals surface area contributed by atoms with Crippen LogP contribution in [0.25, 0.3) is 0 Å². The number of fused-ring (bicyclic) bond motifs is 1. The Bertz CT molecular complexity index is 1100. The van der Waals surface area contributed by atoms with E-state index < -0.39 is 7.82 Å². The molecule has 35 heavy (non-hydrogen) atoms. The van der Waals surface area contributed by atoms with Crippen LogP contribution in [0.2, 0.25) is 0 Å². The first-order valence-electron chi connectivity index (χ1n) is 10.8. The number of phosphoric ester groups is 1. The van der Waals surface area contributed by atoms with Gasteiger partial charge in [-0.05, 0) is 24.6 Å². The Balaban J connectivity index is 1.59. The lowest BCUT2D eigenvalue weighted by atomic mass is 10.1. The summed E-state index contributed by atoms with van der Waals surface area (Å²) in [4.78, 5) is 44.2. The lowest BCUT2D eigenvalue weighted by Gasteiger charge is -2.17. The van der Waals surface area contributed by atoms with Gasteiger partial charge in [0.1, 0.15) is 18.2 Å². The van der Waals surface area contributed by atoms with Crippen molar-refractivity contribution in [2.24, 2.45) is 0 Å². The maximum Gasteiger partial charge on any atom is 0.472 e. The number of phosphoric acid groups is 1. The third-order valence-corrected chi connectivity index (χ3v) is 5.98. The van der Waals surface area contributed by atoms with Crippen molar-refractivity contribution in [2.45, 2.75) is 19.9 Å². The molecule has 4 N–H and O–H groups in total. The molecule has 2 heterocycles. The molecule has 1 aromatic carbocycles. The minimum atomic E-state index is -4.10. The van der Waals surface area contributed by atoms with Gasteiger partial charge in [-0.2, -0.15) is 9.97 Å². The van der Waals surface area contributed by atoms with Crippen LogP contribution in [-0.4, -0.2) is 66.8 Å². The number of benzene rings is 1. The second kappa shape index (κ2) is 12.0. The van der Waals surface area contributed by atoms with Crippen molar-refractivity contribution in [3.63, 3.8) is 0 Å². The van der Waals surface area contributed by atoms with Crippen molar-refractivity contribution < 1.29 is 37.6 Å². The monoisotopic (exact) mass is 509 g/mol. The first-order chi connectivity index (χ1) is 16.7. The van der Waals surface area contributed by atoms with Gasteiger partial charge in [-0.3, -0.25) is 23.5 Å². The first-order valence-corrected chi connectivity index (χ1v) is 12.3.